The van der Waals surface area contributed by atoms with E-state index in [-0.39, 0.29) is 6.03 Å². The molecule has 2 rings (SSSR count). The maximum Gasteiger partial charge on any atom is 0.317 e. The summed E-state index contributed by atoms with van der Waals surface area (Å²) in [4.78, 5) is 17.9. The lowest BCUT2D eigenvalue weighted by atomic mass is 9.94. The highest BCUT2D eigenvalue weighted by molar-refractivity contribution is 7.09. The second-order valence-electron chi connectivity index (χ2n) is 5.90. The molecule has 6 heteroatoms. The van der Waals surface area contributed by atoms with Crippen molar-refractivity contribution in [2.45, 2.75) is 50.5 Å². The standard InChI is InChI=1S/C15H25N3O2S/c1-18(12-15(20)7-4-2-3-5-8-15)14(19)17-9-6-13-16-10-11-21-13/h10-11,20H,2-9,12H2,1H3,(H,17,19). The summed E-state index contributed by atoms with van der Waals surface area (Å²) >= 11 is 1.60. The number of hydrogen-bond donors (Lipinski definition) is 2. The van der Waals surface area contributed by atoms with Gasteiger partial charge in [0.25, 0.3) is 0 Å². The normalized spacial score (nSPS) is 18.0. The summed E-state index contributed by atoms with van der Waals surface area (Å²) in [6.07, 6.45) is 8.59. The predicted molar refractivity (Wildman–Crippen MR) is 84.5 cm³/mol. The summed E-state index contributed by atoms with van der Waals surface area (Å²) < 4.78 is 0. The van der Waals surface area contributed by atoms with Crippen molar-refractivity contribution in [3.05, 3.63) is 16.6 Å². The summed E-state index contributed by atoms with van der Waals surface area (Å²) in [5.41, 5.74) is -0.710. The Bertz CT molecular complexity index is 428. The molecule has 1 heterocycles. The number of carbonyl (C=O) groups excluding carboxylic acids is 1. The fourth-order valence-electron chi connectivity index (χ4n) is 2.85. The lowest BCUT2D eigenvalue weighted by Gasteiger charge is -2.31. The summed E-state index contributed by atoms with van der Waals surface area (Å²) in [6, 6.07) is -0.121. The lowest BCUT2D eigenvalue weighted by Crippen LogP contribution is -2.47. The van der Waals surface area contributed by atoms with Gasteiger partial charge < -0.3 is 15.3 Å². The Labute approximate surface area is 130 Å². The molecule has 1 fully saturated rings. The van der Waals surface area contributed by atoms with Gasteiger partial charge in [0.15, 0.2) is 0 Å². The van der Waals surface area contributed by atoms with E-state index in [1.165, 1.54) is 12.8 Å². The Morgan fingerprint density at radius 1 is 1.43 bits per heavy atom. The minimum absolute atomic E-state index is 0.121. The van der Waals surface area contributed by atoms with Crippen LogP contribution >= 0.6 is 11.3 Å². The summed E-state index contributed by atoms with van der Waals surface area (Å²) in [6.45, 7) is 0.991. The number of amides is 2. The maximum atomic E-state index is 12.1. The highest BCUT2D eigenvalue weighted by atomic mass is 32.1. The molecule has 0 atom stereocenters. The molecule has 2 amide bonds. The van der Waals surface area contributed by atoms with Crippen LogP contribution in [0.3, 0.4) is 0 Å². The number of likely N-dealkylation sites (N-methyl/N-ethyl adjacent to an activating group) is 1. The molecular formula is C15H25N3O2S. The maximum absolute atomic E-state index is 12.1. The van der Waals surface area contributed by atoms with Crippen LogP contribution in [0.4, 0.5) is 4.79 Å². The average Bonchev–Trinajstić information content (AvgIpc) is 2.87. The first kappa shape index (κ1) is 16.2. The molecule has 0 bridgehead atoms. The van der Waals surface area contributed by atoms with Crippen LogP contribution in [0.1, 0.15) is 43.5 Å². The molecule has 5 nitrogen and oxygen atoms in total. The molecule has 1 saturated carbocycles. The number of carbonyl (C=O) groups is 1. The largest absolute Gasteiger partial charge is 0.388 e. The highest BCUT2D eigenvalue weighted by Gasteiger charge is 2.30. The van der Waals surface area contributed by atoms with E-state index in [1.54, 1.807) is 29.5 Å². The van der Waals surface area contributed by atoms with Gasteiger partial charge in [-0.25, -0.2) is 9.78 Å². The van der Waals surface area contributed by atoms with Crippen LogP contribution in [0.25, 0.3) is 0 Å². The van der Waals surface area contributed by atoms with E-state index in [9.17, 15) is 9.90 Å². The number of urea groups is 1. The average molecular weight is 311 g/mol. The predicted octanol–water partition coefficient (Wildman–Crippen LogP) is 2.41. The van der Waals surface area contributed by atoms with E-state index in [0.29, 0.717) is 13.1 Å². The van der Waals surface area contributed by atoms with Crippen molar-refractivity contribution in [3.63, 3.8) is 0 Å². The van der Waals surface area contributed by atoms with Crippen molar-refractivity contribution in [1.29, 1.82) is 0 Å². The summed E-state index contributed by atoms with van der Waals surface area (Å²) in [7, 11) is 1.75. The van der Waals surface area contributed by atoms with Gasteiger partial charge in [0.1, 0.15) is 0 Å². The van der Waals surface area contributed by atoms with E-state index in [2.05, 4.69) is 10.3 Å². The third kappa shape index (κ3) is 5.28. The lowest BCUT2D eigenvalue weighted by molar-refractivity contribution is 0.00466. The van der Waals surface area contributed by atoms with Crippen LogP contribution in [0.5, 0.6) is 0 Å². The van der Waals surface area contributed by atoms with Gasteiger partial charge in [0.2, 0.25) is 0 Å². The second-order valence-corrected chi connectivity index (χ2v) is 6.88. The van der Waals surface area contributed by atoms with Crippen LogP contribution in [0.2, 0.25) is 0 Å². The van der Waals surface area contributed by atoms with Crippen molar-refractivity contribution >= 4 is 17.4 Å². The van der Waals surface area contributed by atoms with Crippen LogP contribution in [-0.4, -0.2) is 46.8 Å². The third-order valence-electron chi connectivity index (χ3n) is 4.01. The number of rotatable bonds is 5. The Morgan fingerprint density at radius 3 is 2.76 bits per heavy atom. The third-order valence-corrected chi connectivity index (χ3v) is 4.85. The van der Waals surface area contributed by atoms with Gasteiger partial charge in [0.05, 0.1) is 17.2 Å². The second kappa shape index (κ2) is 7.75. The topological polar surface area (TPSA) is 65.5 Å². The number of thiazole rings is 1. The van der Waals surface area contributed by atoms with Gasteiger partial charge in [-0.2, -0.15) is 0 Å². The van der Waals surface area contributed by atoms with Crippen molar-refractivity contribution < 1.29 is 9.90 Å². The zero-order chi connectivity index (χ0) is 15.1. The smallest absolute Gasteiger partial charge is 0.317 e. The first-order valence-electron chi connectivity index (χ1n) is 7.69. The number of nitrogens with one attached hydrogen (secondary N) is 1. The van der Waals surface area contributed by atoms with Crippen LogP contribution in [0, 0.1) is 0 Å². The zero-order valence-corrected chi connectivity index (χ0v) is 13.5. The van der Waals surface area contributed by atoms with Gasteiger partial charge in [-0.05, 0) is 12.8 Å². The molecule has 0 radical (unpaired) electrons. The Morgan fingerprint density at radius 2 is 2.14 bits per heavy atom. The quantitative estimate of drug-likeness (QED) is 0.821. The number of hydrogen-bond acceptors (Lipinski definition) is 4. The van der Waals surface area contributed by atoms with E-state index in [4.69, 9.17) is 0 Å². The molecule has 1 aromatic rings. The van der Waals surface area contributed by atoms with Crippen molar-refractivity contribution in [2.75, 3.05) is 20.1 Å². The van der Waals surface area contributed by atoms with Gasteiger partial charge in [-0.15, -0.1) is 11.3 Å². The number of aromatic nitrogens is 1. The molecule has 118 valence electrons. The molecule has 1 aliphatic carbocycles. The first-order chi connectivity index (χ1) is 10.1. The molecule has 1 aliphatic rings. The van der Waals surface area contributed by atoms with Crippen LogP contribution < -0.4 is 5.32 Å². The Kier molecular flexibility index (Phi) is 5.99. The molecular weight excluding hydrogens is 286 g/mol. The molecule has 1 aromatic heterocycles. The van der Waals surface area contributed by atoms with Crippen molar-refractivity contribution in [1.82, 2.24) is 15.2 Å². The minimum atomic E-state index is -0.710. The fourth-order valence-corrected chi connectivity index (χ4v) is 3.47. The molecule has 0 unspecified atom stereocenters. The number of nitrogens with zero attached hydrogens (tertiary/aromatic N) is 2. The zero-order valence-electron chi connectivity index (χ0n) is 12.7. The first-order valence-corrected chi connectivity index (χ1v) is 8.57. The minimum Gasteiger partial charge on any atom is -0.388 e. The van der Waals surface area contributed by atoms with Gasteiger partial charge in [-0.3, -0.25) is 0 Å². The molecule has 2 N–H and O–H groups in total. The SMILES string of the molecule is CN(CC1(O)CCCCCC1)C(=O)NCCc1nccs1. The Hall–Kier alpha value is -1.14. The monoisotopic (exact) mass is 311 g/mol. The molecule has 0 spiro atoms. The number of aliphatic hydroxyl groups is 1. The van der Waals surface area contributed by atoms with Crippen LogP contribution in [-0.2, 0) is 6.42 Å². The van der Waals surface area contributed by atoms with Gasteiger partial charge >= 0.3 is 6.03 Å². The van der Waals surface area contributed by atoms with Crippen molar-refractivity contribution in [2.24, 2.45) is 0 Å². The molecule has 21 heavy (non-hydrogen) atoms. The molecule has 0 aromatic carbocycles. The van der Waals surface area contributed by atoms with Gasteiger partial charge in [0, 0.05) is 31.6 Å². The van der Waals surface area contributed by atoms with E-state index < -0.39 is 5.60 Å². The van der Waals surface area contributed by atoms with E-state index >= 15 is 0 Å². The van der Waals surface area contributed by atoms with Gasteiger partial charge in [-0.1, -0.05) is 25.7 Å². The molecule has 0 aliphatic heterocycles. The fraction of sp³-hybridized carbons (Fsp3) is 0.733. The summed E-state index contributed by atoms with van der Waals surface area (Å²) in [5.74, 6) is 0. The van der Waals surface area contributed by atoms with Crippen molar-refractivity contribution in [3.8, 4) is 0 Å². The van der Waals surface area contributed by atoms with Crippen LogP contribution in [0.15, 0.2) is 11.6 Å². The Balaban J connectivity index is 1.73. The highest BCUT2D eigenvalue weighted by Crippen LogP contribution is 2.27. The van der Waals surface area contributed by atoms with E-state index in [0.717, 1.165) is 37.1 Å². The van der Waals surface area contributed by atoms with E-state index in [1.807, 2.05) is 5.38 Å². The summed E-state index contributed by atoms with van der Waals surface area (Å²) in [5, 5.41) is 16.5. The molecule has 0 saturated heterocycles.